The van der Waals surface area contributed by atoms with Crippen LogP contribution in [0.4, 0.5) is 0 Å². The number of aliphatic hydroxyl groups is 1. The minimum Gasteiger partial charge on any atom is -0.464 e. The second kappa shape index (κ2) is 5.38. The number of carbonyl (C=O) groups excluding carboxylic acids is 1. The van der Waals surface area contributed by atoms with Crippen molar-refractivity contribution in [1.82, 2.24) is 0 Å². The fourth-order valence-electron chi connectivity index (χ4n) is 3.00. The summed E-state index contributed by atoms with van der Waals surface area (Å²) >= 11 is 0. The van der Waals surface area contributed by atoms with Gasteiger partial charge in [0, 0.05) is 6.42 Å². The zero-order valence-electron chi connectivity index (χ0n) is 12.0. The van der Waals surface area contributed by atoms with E-state index in [2.05, 4.69) is 0 Å². The number of rotatable bonds is 4. The van der Waals surface area contributed by atoms with Gasteiger partial charge in [-0.05, 0) is 32.6 Å². The van der Waals surface area contributed by atoms with Crippen LogP contribution in [0.5, 0.6) is 0 Å². The van der Waals surface area contributed by atoms with Crippen LogP contribution in [0.3, 0.4) is 0 Å². The van der Waals surface area contributed by atoms with Gasteiger partial charge in [-0.2, -0.15) is 0 Å². The molecule has 1 N–H and O–H groups in total. The standard InChI is InChI=1S/C14H24O5/c1-4-14(5-2)18-10-7-8-13(16,9-11(10)19-14)12(15)17-6-3/h10-11,16H,4-9H2,1-3H3. The highest BCUT2D eigenvalue weighted by Crippen LogP contribution is 2.43. The van der Waals surface area contributed by atoms with Crippen molar-refractivity contribution in [2.75, 3.05) is 6.61 Å². The van der Waals surface area contributed by atoms with Crippen molar-refractivity contribution in [2.24, 2.45) is 0 Å². The minimum absolute atomic E-state index is 0.0189. The van der Waals surface area contributed by atoms with Crippen LogP contribution in [0.2, 0.25) is 0 Å². The maximum Gasteiger partial charge on any atom is 0.338 e. The van der Waals surface area contributed by atoms with Gasteiger partial charge >= 0.3 is 5.97 Å². The zero-order chi connectivity index (χ0) is 14.1. The van der Waals surface area contributed by atoms with Gasteiger partial charge in [0.2, 0.25) is 0 Å². The van der Waals surface area contributed by atoms with Gasteiger partial charge in [0.05, 0.1) is 18.8 Å². The van der Waals surface area contributed by atoms with Gasteiger partial charge < -0.3 is 19.3 Å². The molecule has 0 bridgehead atoms. The molecule has 0 radical (unpaired) electrons. The first-order chi connectivity index (χ1) is 8.98. The molecular formula is C14H24O5. The Morgan fingerprint density at radius 3 is 2.47 bits per heavy atom. The Hall–Kier alpha value is -0.650. The highest BCUT2D eigenvalue weighted by Gasteiger charge is 2.54. The number of carbonyl (C=O) groups is 1. The van der Waals surface area contributed by atoms with Crippen LogP contribution in [0.1, 0.15) is 52.9 Å². The number of hydrogen-bond acceptors (Lipinski definition) is 5. The van der Waals surface area contributed by atoms with Crippen LogP contribution in [-0.2, 0) is 19.0 Å². The lowest BCUT2D eigenvalue weighted by atomic mass is 9.81. The molecule has 3 unspecified atom stereocenters. The first kappa shape index (κ1) is 14.8. The lowest BCUT2D eigenvalue weighted by molar-refractivity contribution is -0.183. The van der Waals surface area contributed by atoms with Crippen LogP contribution in [0.25, 0.3) is 0 Å². The van der Waals surface area contributed by atoms with Crippen LogP contribution < -0.4 is 0 Å². The van der Waals surface area contributed by atoms with E-state index in [1.807, 2.05) is 13.8 Å². The molecule has 1 aliphatic heterocycles. The summed E-state index contributed by atoms with van der Waals surface area (Å²) in [5, 5.41) is 10.4. The van der Waals surface area contributed by atoms with Gasteiger partial charge in [-0.25, -0.2) is 4.79 Å². The third kappa shape index (κ3) is 2.64. The maximum atomic E-state index is 11.8. The van der Waals surface area contributed by atoms with Crippen molar-refractivity contribution in [2.45, 2.75) is 76.5 Å². The molecule has 1 heterocycles. The summed E-state index contributed by atoms with van der Waals surface area (Å²) < 4.78 is 16.9. The Kier molecular flexibility index (Phi) is 4.18. The van der Waals surface area contributed by atoms with Crippen molar-refractivity contribution < 1.29 is 24.1 Å². The maximum absolute atomic E-state index is 11.8. The number of ether oxygens (including phenoxy) is 3. The van der Waals surface area contributed by atoms with E-state index in [-0.39, 0.29) is 25.2 Å². The first-order valence-electron chi connectivity index (χ1n) is 7.24. The number of hydrogen-bond donors (Lipinski definition) is 1. The molecule has 110 valence electrons. The largest absolute Gasteiger partial charge is 0.464 e. The SMILES string of the molecule is CCOC(=O)C1(O)CCC2OC(CC)(CC)OC2C1. The number of fused-ring (bicyclic) bond motifs is 1. The Morgan fingerprint density at radius 1 is 1.26 bits per heavy atom. The average molecular weight is 272 g/mol. The second-order valence-corrected chi connectivity index (χ2v) is 5.43. The number of esters is 1. The molecule has 0 aromatic carbocycles. The topological polar surface area (TPSA) is 65.0 Å². The molecule has 19 heavy (non-hydrogen) atoms. The summed E-state index contributed by atoms with van der Waals surface area (Å²) in [5.74, 6) is -1.09. The van der Waals surface area contributed by atoms with Crippen LogP contribution in [0.15, 0.2) is 0 Å². The van der Waals surface area contributed by atoms with Crippen molar-refractivity contribution in [3.63, 3.8) is 0 Å². The van der Waals surface area contributed by atoms with Gasteiger partial charge in [-0.3, -0.25) is 0 Å². The van der Waals surface area contributed by atoms with E-state index in [4.69, 9.17) is 14.2 Å². The summed E-state index contributed by atoms with van der Waals surface area (Å²) in [5.41, 5.74) is -1.42. The molecule has 1 aliphatic carbocycles. The Balaban J connectivity index is 2.06. The summed E-state index contributed by atoms with van der Waals surface area (Å²) in [7, 11) is 0. The molecule has 1 saturated heterocycles. The van der Waals surface area contributed by atoms with Crippen LogP contribution >= 0.6 is 0 Å². The summed E-state index contributed by atoms with van der Waals surface area (Å²) in [4.78, 5) is 11.8. The normalized spacial score (nSPS) is 36.8. The lowest BCUT2D eigenvalue weighted by Crippen LogP contribution is -2.49. The van der Waals surface area contributed by atoms with E-state index in [0.717, 1.165) is 12.8 Å². The van der Waals surface area contributed by atoms with E-state index in [1.54, 1.807) is 6.92 Å². The average Bonchev–Trinajstić information content (AvgIpc) is 2.77. The summed E-state index contributed by atoms with van der Waals surface area (Å²) in [6.45, 7) is 6.07. The highest BCUT2D eigenvalue weighted by molar-refractivity contribution is 5.79. The summed E-state index contributed by atoms with van der Waals surface area (Å²) in [6.07, 6.45) is 2.57. The van der Waals surface area contributed by atoms with Gasteiger partial charge in [-0.1, -0.05) is 13.8 Å². The Labute approximate surface area is 114 Å². The predicted molar refractivity (Wildman–Crippen MR) is 68.5 cm³/mol. The van der Waals surface area contributed by atoms with E-state index in [9.17, 15) is 9.90 Å². The molecule has 2 rings (SSSR count). The molecule has 5 nitrogen and oxygen atoms in total. The van der Waals surface area contributed by atoms with Crippen LogP contribution in [0, 0.1) is 0 Å². The highest BCUT2D eigenvalue weighted by atomic mass is 16.8. The van der Waals surface area contributed by atoms with E-state index < -0.39 is 17.4 Å². The van der Waals surface area contributed by atoms with E-state index >= 15 is 0 Å². The molecular weight excluding hydrogens is 248 g/mol. The smallest absolute Gasteiger partial charge is 0.338 e. The van der Waals surface area contributed by atoms with Gasteiger partial charge in [0.25, 0.3) is 0 Å². The fourth-order valence-corrected chi connectivity index (χ4v) is 3.00. The lowest BCUT2D eigenvalue weighted by Gasteiger charge is -2.34. The Morgan fingerprint density at radius 2 is 1.89 bits per heavy atom. The third-order valence-corrected chi connectivity index (χ3v) is 4.26. The van der Waals surface area contributed by atoms with Gasteiger partial charge in [0.1, 0.15) is 0 Å². The molecule has 0 spiro atoms. The molecule has 0 amide bonds. The first-order valence-corrected chi connectivity index (χ1v) is 7.24. The molecule has 2 fully saturated rings. The Bertz CT molecular complexity index is 339. The molecule has 0 aromatic heterocycles. The molecule has 0 aromatic rings. The molecule has 1 saturated carbocycles. The monoisotopic (exact) mass is 272 g/mol. The minimum atomic E-state index is -1.42. The van der Waals surface area contributed by atoms with Gasteiger partial charge in [-0.15, -0.1) is 0 Å². The van der Waals surface area contributed by atoms with Crippen molar-refractivity contribution in [3.8, 4) is 0 Å². The second-order valence-electron chi connectivity index (χ2n) is 5.43. The van der Waals surface area contributed by atoms with Crippen molar-refractivity contribution >= 4 is 5.97 Å². The predicted octanol–water partition coefficient (Wildman–Crippen LogP) is 1.76. The van der Waals surface area contributed by atoms with E-state index in [0.29, 0.717) is 12.8 Å². The zero-order valence-corrected chi connectivity index (χ0v) is 12.0. The molecule has 2 aliphatic rings. The quantitative estimate of drug-likeness (QED) is 0.790. The van der Waals surface area contributed by atoms with Crippen molar-refractivity contribution in [1.29, 1.82) is 0 Å². The molecule has 5 heteroatoms. The van der Waals surface area contributed by atoms with E-state index in [1.165, 1.54) is 0 Å². The molecule has 3 atom stereocenters. The third-order valence-electron chi connectivity index (χ3n) is 4.26. The summed E-state index contributed by atoms with van der Waals surface area (Å²) in [6, 6.07) is 0. The fraction of sp³-hybridized carbons (Fsp3) is 0.929. The van der Waals surface area contributed by atoms with Crippen LogP contribution in [-0.4, -0.2) is 41.3 Å². The van der Waals surface area contributed by atoms with Crippen molar-refractivity contribution in [3.05, 3.63) is 0 Å². The van der Waals surface area contributed by atoms with Gasteiger partial charge in [0.15, 0.2) is 11.4 Å².